The van der Waals surface area contributed by atoms with Gasteiger partial charge in [-0.05, 0) is 30.3 Å². The van der Waals surface area contributed by atoms with Gasteiger partial charge >= 0.3 is 0 Å². The number of rotatable bonds is 3. The summed E-state index contributed by atoms with van der Waals surface area (Å²) in [5.41, 5.74) is 1.01. The number of hydrogen-bond acceptors (Lipinski definition) is 3. The third-order valence-electron chi connectivity index (χ3n) is 2.68. The van der Waals surface area contributed by atoms with Gasteiger partial charge in [0.05, 0.1) is 10.6 Å². The number of hydrogen-bond donors (Lipinski definition) is 2. The van der Waals surface area contributed by atoms with Gasteiger partial charge in [-0.3, -0.25) is 0 Å². The molecule has 6 heteroatoms. The highest BCUT2D eigenvalue weighted by Crippen LogP contribution is 2.31. The summed E-state index contributed by atoms with van der Waals surface area (Å²) in [6.45, 7) is 0.239. The van der Waals surface area contributed by atoms with E-state index in [9.17, 15) is 9.50 Å². The molecular weight excluding hydrogens is 302 g/mol. The van der Waals surface area contributed by atoms with E-state index in [0.717, 1.165) is 0 Å². The molecule has 0 fully saturated rings. The zero-order chi connectivity index (χ0) is 14.7. The minimum absolute atomic E-state index is 0.0525. The SMILES string of the molecule is N#Cc1cc(NCc2cc(Cl)cc(Cl)c2O)ccc1F. The Balaban J connectivity index is 2.19. The molecule has 0 saturated heterocycles. The Labute approximate surface area is 125 Å². The van der Waals surface area contributed by atoms with Gasteiger partial charge in [0.25, 0.3) is 0 Å². The molecule has 2 rings (SSSR count). The van der Waals surface area contributed by atoms with Crippen LogP contribution in [0, 0.1) is 17.1 Å². The maximum absolute atomic E-state index is 13.2. The van der Waals surface area contributed by atoms with Crippen LogP contribution in [-0.2, 0) is 6.54 Å². The third-order valence-corrected chi connectivity index (χ3v) is 3.18. The Morgan fingerprint density at radius 1 is 1.25 bits per heavy atom. The number of aromatic hydroxyl groups is 1. The monoisotopic (exact) mass is 310 g/mol. The van der Waals surface area contributed by atoms with E-state index >= 15 is 0 Å². The first-order valence-electron chi connectivity index (χ1n) is 5.61. The molecule has 0 unspecified atom stereocenters. The lowest BCUT2D eigenvalue weighted by atomic mass is 10.1. The van der Waals surface area contributed by atoms with Crippen LogP contribution >= 0.6 is 23.2 Å². The van der Waals surface area contributed by atoms with E-state index in [1.54, 1.807) is 12.1 Å². The summed E-state index contributed by atoms with van der Waals surface area (Å²) in [5.74, 6) is -0.641. The van der Waals surface area contributed by atoms with Crippen LogP contribution in [0.1, 0.15) is 11.1 Å². The Hall–Kier alpha value is -1.96. The molecule has 0 saturated carbocycles. The van der Waals surface area contributed by atoms with Gasteiger partial charge in [-0.15, -0.1) is 0 Å². The molecule has 0 aliphatic carbocycles. The number of halogens is 3. The first-order chi connectivity index (χ1) is 9.51. The fourth-order valence-electron chi connectivity index (χ4n) is 1.67. The molecular formula is C14H9Cl2FN2O. The van der Waals surface area contributed by atoms with Gasteiger partial charge in [-0.2, -0.15) is 5.26 Å². The van der Waals surface area contributed by atoms with E-state index in [-0.39, 0.29) is 22.9 Å². The minimum Gasteiger partial charge on any atom is -0.506 e. The Bertz CT molecular complexity index is 698. The molecule has 102 valence electrons. The highest BCUT2D eigenvalue weighted by Gasteiger charge is 2.08. The number of nitriles is 1. The molecule has 2 aromatic rings. The molecule has 0 heterocycles. The summed E-state index contributed by atoms with van der Waals surface area (Å²) in [6.07, 6.45) is 0. The van der Waals surface area contributed by atoms with Crippen molar-refractivity contribution in [2.24, 2.45) is 0 Å². The predicted octanol–water partition coefficient (Wildman–Crippen LogP) is 4.32. The molecule has 0 radical (unpaired) electrons. The normalized spacial score (nSPS) is 10.1. The molecule has 0 atom stereocenters. The van der Waals surface area contributed by atoms with Crippen molar-refractivity contribution < 1.29 is 9.50 Å². The molecule has 0 aliphatic heterocycles. The summed E-state index contributed by atoms with van der Waals surface area (Å²) in [7, 11) is 0. The van der Waals surface area contributed by atoms with Crippen LogP contribution in [0.4, 0.5) is 10.1 Å². The van der Waals surface area contributed by atoms with Crippen molar-refractivity contribution >= 4 is 28.9 Å². The van der Waals surface area contributed by atoms with Crippen LogP contribution in [0.5, 0.6) is 5.75 Å². The summed E-state index contributed by atoms with van der Waals surface area (Å²) >= 11 is 11.7. The number of phenolic OH excluding ortho intramolecular Hbond substituents is 1. The summed E-state index contributed by atoms with van der Waals surface area (Å²) in [5, 5.41) is 22.1. The lowest BCUT2D eigenvalue weighted by molar-refractivity contribution is 0.469. The van der Waals surface area contributed by atoms with Crippen LogP contribution in [0.25, 0.3) is 0 Å². The number of nitrogens with one attached hydrogen (secondary N) is 1. The third kappa shape index (κ3) is 3.13. The van der Waals surface area contributed by atoms with E-state index in [1.165, 1.54) is 24.3 Å². The van der Waals surface area contributed by atoms with Crippen LogP contribution in [0.2, 0.25) is 10.0 Å². The molecule has 2 N–H and O–H groups in total. The van der Waals surface area contributed by atoms with Gasteiger partial charge in [0, 0.05) is 22.8 Å². The zero-order valence-corrected chi connectivity index (χ0v) is 11.6. The summed E-state index contributed by atoms with van der Waals surface area (Å²) in [6, 6.07) is 8.86. The molecule has 20 heavy (non-hydrogen) atoms. The average Bonchev–Trinajstić information content (AvgIpc) is 2.42. The lowest BCUT2D eigenvalue weighted by Crippen LogP contribution is -2.01. The smallest absolute Gasteiger partial charge is 0.141 e. The van der Waals surface area contributed by atoms with Crippen molar-refractivity contribution in [2.45, 2.75) is 6.54 Å². The number of phenols is 1. The molecule has 0 aromatic heterocycles. The summed E-state index contributed by atoms with van der Waals surface area (Å²) < 4.78 is 13.2. The molecule has 0 spiro atoms. The number of anilines is 1. The van der Waals surface area contributed by atoms with Gasteiger partial charge in [0.1, 0.15) is 17.6 Å². The van der Waals surface area contributed by atoms with Crippen molar-refractivity contribution in [1.29, 1.82) is 5.26 Å². The number of nitrogens with zero attached hydrogens (tertiary/aromatic N) is 1. The van der Waals surface area contributed by atoms with Gasteiger partial charge in [-0.1, -0.05) is 23.2 Å². The highest BCUT2D eigenvalue weighted by atomic mass is 35.5. The largest absolute Gasteiger partial charge is 0.506 e. The molecule has 2 aromatic carbocycles. The molecule has 0 bridgehead atoms. The van der Waals surface area contributed by atoms with E-state index < -0.39 is 5.82 Å². The number of benzene rings is 2. The molecule has 3 nitrogen and oxygen atoms in total. The second kappa shape index (κ2) is 6.00. The van der Waals surface area contributed by atoms with Crippen molar-refractivity contribution in [1.82, 2.24) is 0 Å². The highest BCUT2D eigenvalue weighted by molar-refractivity contribution is 6.35. The van der Waals surface area contributed by atoms with Crippen molar-refractivity contribution in [2.75, 3.05) is 5.32 Å². The maximum atomic E-state index is 13.2. The van der Waals surface area contributed by atoms with Crippen LogP contribution in [0.15, 0.2) is 30.3 Å². The van der Waals surface area contributed by atoms with Gasteiger partial charge in [-0.25, -0.2) is 4.39 Å². The first-order valence-corrected chi connectivity index (χ1v) is 6.37. The lowest BCUT2D eigenvalue weighted by Gasteiger charge is -2.10. The van der Waals surface area contributed by atoms with Crippen molar-refractivity contribution in [3.05, 3.63) is 57.3 Å². The second-order valence-electron chi connectivity index (χ2n) is 4.06. The predicted molar refractivity (Wildman–Crippen MR) is 76.6 cm³/mol. The van der Waals surface area contributed by atoms with Crippen molar-refractivity contribution in [3.8, 4) is 11.8 Å². The minimum atomic E-state index is -0.577. The Kier molecular flexibility index (Phi) is 4.33. The second-order valence-corrected chi connectivity index (χ2v) is 4.90. The fraction of sp³-hybridized carbons (Fsp3) is 0.0714. The van der Waals surface area contributed by atoms with Crippen LogP contribution < -0.4 is 5.32 Å². The van der Waals surface area contributed by atoms with Crippen molar-refractivity contribution in [3.63, 3.8) is 0 Å². The Morgan fingerprint density at radius 2 is 2.00 bits per heavy atom. The standard InChI is InChI=1S/C14H9Cl2FN2O/c15-10-3-9(14(20)12(16)5-10)7-19-11-1-2-13(17)8(4-11)6-18/h1-5,19-20H,7H2. The van der Waals surface area contributed by atoms with Crippen LogP contribution in [0.3, 0.4) is 0 Å². The van der Waals surface area contributed by atoms with Gasteiger partial charge in [0.2, 0.25) is 0 Å². The van der Waals surface area contributed by atoms with Gasteiger partial charge in [0.15, 0.2) is 0 Å². The van der Waals surface area contributed by atoms with E-state index in [2.05, 4.69) is 5.32 Å². The maximum Gasteiger partial charge on any atom is 0.141 e. The fourth-order valence-corrected chi connectivity index (χ4v) is 2.21. The van der Waals surface area contributed by atoms with E-state index in [1.807, 2.05) is 0 Å². The summed E-state index contributed by atoms with van der Waals surface area (Å²) in [4.78, 5) is 0. The quantitative estimate of drug-likeness (QED) is 0.887. The molecule has 0 aliphatic rings. The Morgan fingerprint density at radius 3 is 2.70 bits per heavy atom. The van der Waals surface area contributed by atoms with E-state index in [0.29, 0.717) is 16.3 Å². The average molecular weight is 311 g/mol. The van der Waals surface area contributed by atoms with Crippen LogP contribution in [-0.4, -0.2) is 5.11 Å². The van der Waals surface area contributed by atoms with E-state index in [4.69, 9.17) is 28.5 Å². The van der Waals surface area contributed by atoms with Gasteiger partial charge < -0.3 is 10.4 Å². The first kappa shape index (κ1) is 14.4. The molecule has 0 amide bonds. The topological polar surface area (TPSA) is 56.0 Å². The zero-order valence-electron chi connectivity index (χ0n) is 10.1.